The van der Waals surface area contributed by atoms with E-state index in [9.17, 15) is 19.8 Å². The molecular formula is C21H34O5. The van der Waals surface area contributed by atoms with E-state index in [1.807, 2.05) is 18.2 Å². The van der Waals surface area contributed by atoms with Crippen molar-refractivity contribution in [3.63, 3.8) is 0 Å². The van der Waals surface area contributed by atoms with Crippen molar-refractivity contribution in [1.82, 2.24) is 0 Å². The van der Waals surface area contributed by atoms with Crippen molar-refractivity contribution >= 4 is 11.8 Å². The van der Waals surface area contributed by atoms with Gasteiger partial charge in [-0.3, -0.25) is 9.59 Å². The van der Waals surface area contributed by atoms with E-state index in [2.05, 4.69) is 11.7 Å². The monoisotopic (exact) mass is 366 g/mol. The predicted octanol–water partition coefficient (Wildman–Crippen LogP) is 3.34. The van der Waals surface area contributed by atoms with Crippen LogP contribution in [0.4, 0.5) is 0 Å². The molecule has 0 aromatic carbocycles. The zero-order chi connectivity index (χ0) is 19.4. The molecule has 148 valence electrons. The molecule has 2 N–H and O–H groups in total. The van der Waals surface area contributed by atoms with Crippen LogP contribution in [-0.4, -0.2) is 41.3 Å². The van der Waals surface area contributed by atoms with E-state index >= 15 is 0 Å². The number of ketones is 1. The minimum absolute atomic E-state index is 0.0758. The molecule has 1 fully saturated rings. The maximum absolute atomic E-state index is 12.1. The quantitative estimate of drug-likeness (QED) is 0.314. The summed E-state index contributed by atoms with van der Waals surface area (Å²) in [5.41, 5.74) is 0. The van der Waals surface area contributed by atoms with E-state index in [4.69, 9.17) is 0 Å². The van der Waals surface area contributed by atoms with Gasteiger partial charge in [-0.2, -0.15) is 0 Å². The molecule has 0 aromatic heterocycles. The number of unbranched alkanes of at least 4 members (excludes halogenated alkanes) is 3. The van der Waals surface area contributed by atoms with Crippen molar-refractivity contribution in [3.05, 3.63) is 24.3 Å². The van der Waals surface area contributed by atoms with Crippen LogP contribution in [0.25, 0.3) is 0 Å². The maximum atomic E-state index is 12.1. The first-order valence-electron chi connectivity index (χ1n) is 9.78. The van der Waals surface area contributed by atoms with Crippen LogP contribution in [0.15, 0.2) is 24.3 Å². The van der Waals surface area contributed by atoms with Crippen molar-refractivity contribution in [2.75, 3.05) is 7.11 Å². The molecule has 1 saturated carbocycles. The number of aliphatic hydroxyl groups excluding tert-OH is 2. The first-order valence-corrected chi connectivity index (χ1v) is 9.78. The van der Waals surface area contributed by atoms with E-state index in [1.165, 1.54) is 7.11 Å². The zero-order valence-corrected chi connectivity index (χ0v) is 16.1. The van der Waals surface area contributed by atoms with Crippen molar-refractivity contribution in [3.8, 4) is 0 Å². The predicted molar refractivity (Wildman–Crippen MR) is 102 cm³/mol. The Kier molecular flexibility index (Phi) is 11.1. The van der Waals surface area contributed by atoms with Gasteiger partial charge in [0.15, 0.2) is 0 Å². The molecule has 1 rings (SSSR count). The average Bonchev–Trinajstić information content (AvgIpc) is 2.89. The van der Waals surface area contributed by atoms with Crippen LogP contribution in [0.1, 0.15) is 64.7 Å². The molecule has 0 aromatic rings. The van der Waals surface area contributed by atoms with E-state index in [0.717, 1.165) is 32.1 Å². The molecule has 5 nitrogen and oxygen atoms in total. The lowest BCUT2D eigenvalue weighted by atomic mass is 9.90. The van der Waals surface area contributed by atoms with Crippen LogP contribution >= 0.6 is 0 Å². The second kappa shape index (κ2) is 12.8. The summed E-state index contributed by atoms with van der Waals surface area (Å²) in [6.07, 6.45) is 12.8. The van der Waals surface area contributed by atoms with Gasteiger partial charge < -0.3 is 14.9 Å². The van der Waals surface area contributed by atoms with Gasteiger partial charge in [0.2, 0.25) is 0 Å². The minimum Gasteiger partial charge on any atom is -0.469 e. The highest BCUT2D eigenvalue weighted by Crippen LogP contribution is 2.33. The third-order valence-corrected chi connectivity index (χ3v) is 4.93. The number of carbonyl (C=O) groups excluding carboxylic acids is 2. The SMILES string of the molecule is CCCCC[C@H](O)/C=C/[C@H]1[C@H](O)CC(=O)[C@@H]1C/C=C/CCCC(=O)OC. The second-order valence-corrected chi connectivity index (χ2v) is 7.05. The first-order chi connectivity index (χ1) is 12.5. The molecule has 0 aliphatic heterocycles. The summed E-state index contributed by atoms with van der Waals surface area (Å²) in [6.45, 7) is 2.12. The number of ether oxygens (including phenoxy) is 1. The van der Waals surface area contributed by atoms with E-state index in [1.54, 1.807) is 6.08 Å². The normalized spacial score (nSPS) is 24.6. The largest absolute Gasteiger partial charge is 0.469 e. The molecule has 0 bridgehead atoms. The van der Waals surface area contributed by atoms with Gasteiger partial charge in [0.25, 0.3) is 0 Å². The Bertz CT molecular complexity index is 483. The van der Waals surface area contributed by atoms with E-state index < -0.39 is 12.2 Å². The smallest absolute Gasteiger partial charge is 0.305 e. The van der Waals surface area contributed by atoms with E-state index in [-0.39, 0.29) is 30.0 Å². The van der Waals surface area contributed by atoms with Crippen LogP contribution in [0.5, 0.6) is 0 Å². The van der Waals surface area contributed by atoms with Crippen LogP contribution in [-0.2, 0) is 14.3 Å². The molecule has 0 radical (unpaired) electrons. The van der Waals surface area contributed by atoms with Gasteiger partial charge in [0.1, 0.15) is 5.78 Å². The summed E-state index contributed by atoms with van der Waals surface area (Å²) in [5.74, 6) is -0.606. The summed E-state index contributed by atoms with van der Waals surface area (Å²) >= 11 is 0. The fourth-order valence-electron chi connectivity index (χ4n) is 3.31. The minimum atomic E-state index is -0.667. The Labute approximate surface area is 157 Å². The molecule has 0 amide bonds. The Hall–Kier alpha value is -1.46. The van der Waals surface area contributed by atoms with Crippen LogP contribution in [0.2, 0.25) is 0 Å². The van der Waals surface area contributed by atoms with Gasteiger partial charge in [0, 0.05) is 24.7 Å². The van der Waals surface area contributed by atoms with Gasteiger partial charge in [-0.15, -0.1) is 0 Å². The second-order valence-electron chi connectivity index (χ2n) is 7.05. The molecule has 1 aliphatic rings. The van der Waals surface area contributed by atoms with Crippen LogP contribution in [0.3, 0.4) is 0 Å². The van der Waals surface area contributed by atoms with Gasteiger partial charge >= 0.3 is 5.97 Å². The highest BCUT2D eigenvalue weighted by atomic mass is 16.5. The van der Waals surface area contributed by atoms with Crippen LogP contribution in [0, 0.1) is 11.8 Å². The van der Waals surface area contributed by atoms with Crippen molar-refractivity contribution in [2.24, 2.45) is 11.8 Å². The van der Waals surface area contributed by atoms with Crippen molar-refractivity contribution in [1.29, 1.82) is 0 Å². The first kappa shape index (κ1) is 22.6. The summed E-state index contributed by atoms with van der Waals surface area (Å²) in [6, 6.07) is 0. The fourth-order valence-corrected chi connectivity index (χ4v) is 3.31. The van der Waals surface area contributed by atoms with Gasteiger partial charge in [-0.25, -0.2) is 0 Å². The van der Waals surface area contributed by atoms with Crippen molar-refractivity contribution in [2.45, 2.75) is 76.9 Å². The number of hydrogen-bond acceptors (Lipinski definition) is 5. The molecule has 26 heavy (non-hydrogen) atoms. The number of esters is 1. The van der Waals surface area contributed by atoms with Gasteiger partial charge in [-0.05, 0) is 25.7 Å². The maximum Gasteiger partial charge on any atom is 0.305 e. The standard InChI is InChI=1S/C21H34O5/c1-3-4-7-10-16(22)13-14-18-17(19(23)15-20(18)24)11-8-5-6-9-12-21(25)26-2/h5,8,13-14,16-18,20,22,24H,3-4,6-7,9-12,15H2,1-2H3/b8-5+,14-13+/t16-,17+,18+,20+/m0/s1. The molecule has 1 aliphatic carbocycles. The third kappa shape index (κ3) is 8.28. The van der Waals surface area contributed by atoms with E-state index in [0.29, 0.717) is 19.3 Å². The third-order valence-electron chi connectivity index (χ3n) is 4.93. The van der Waals surface area contributed by atoms with Crippen LogP contribution < -0.4 is 0 Å². The molecule has 0 saturated heterocycles. The summed E-state index contributed by atoms with van der Waals surface area (Å²) < 4.78 is 4.59. The Morgan fingerprint density at radius 2 is 2.08 bits per heavy atom. The number of methoxy groups -OCH3 is 1. The lowest BCUT2D eigenvalue weighted by Gasteiger charge is -2.16. The summed E-state index contributed by atoms with van der Waals surface area (Å²) in [7, 11) is 1.38. The molecular weight excluding hydrogens is 332 g/mol. The number of hydrogen-bond donors (Lipinski definition) is 2. The number of aliphatic hydroxyl groups is 2. The molecule has 4 atom stereocenters. The zero-order valence-electron chi connectivity index (χ0n) is 16.1. The number of allylic oxidation sites excluding steroid dienone is 2. The molecule has 0 spiro atoms. The molecule has 0 unspecified atom stereocenters. The molecule has 0 heterocycles. The fraction of sp³-hybridized carbons (Fsp3) is 0.714. The Morgan fingerprint density at radius 3 is 2.77 bits per heavy atom. The Morgan fingerprint density at radius 1 is 1.31 bits per heavy atom. The number of Topliss-reactive ketones (excluding diaryl/α,β-unsaturated/α-hetero) is 1. The summed E-state index contributed by atoms with van der Waals surface area (Å²) in [5, 5.41) is 20.2. The average molecular weight is 366 g/mol. The lowest BCUT2D eigenvalue weighted by molar-refractivity contribution is -0.140. The summed E-state index contributed by atoms with van der Waals surface area (Å²) in [4.78, 5) is 23.2. The van der Waals surface area contributed by atoms with Crippen molar-refractivity contribution < 1.29 is 24.5 Å². The van der Waals surface area contributed by atoms with Gasteiger partial charge in [0.05, 0.1) is 19.3 Å². The number of rotatable bonds is 12. The lowest BCUT2D eigenvalue weighted by Crippen LogP contribution is -2.18. The highest BCUT2D eigenvalue weighted by molar-refractivity contribution is 5.84. The highest BCUT2D eigenvalue weighted by Gasteiger charge is 2.39. The van der Waals surface area contributed by atoms with Gasteiger partial charge in [-0.1, -0.05) is 50.5 Å². The molecule has 5 heteroatoms. The number of carbonyl (C=O) groups is 2. The Balaban J connectivity index is 2.46. The topological polar surface area (TPSA) is 83.8 Å².